The molecule has 1 aliphatic heterocycles. The molecule has 0 aromatic heterocycles. The summed E-state index contributed by atoms with van der Waals surface area (Å²) in [6, 6.07) is 10.0. The summed E-state index contributed by atoms with van der Waals surface area (Å²) in [6.45, 7) is 1.99. The monoisotopic (exact) mass is 332 g/mol. The van der Waals surface area contributed by atoms with Crippen LogP contribution in [0.25, 0.3) is 6.08 Å². The van der Waals surface area contributed by atoms with Crippen molar-refractivity contribution in [3.8, 4) is 0 Å². The number of nitrogens with zero attached hydrogens (tertiary/aromatic N) is 1. The van der Waals surface area contributed by atoms with E-state index in [0.717, 1.165) is 11.1 Å². The first-order valence-electron chi connectivity index (χ1n) is 6.75. The number of benzene rings is 1. The Morgan fingerprint density at radius 2 is 2.00 bits per heavy atom. The molecule has 3 nitrogen and oxygen atoms in total. The first-order chi connectivity index (χ1) is 9.97. The molecule has 2 rings (SSSR count). The lowest BCUT2D eigenvalue weighted by Crippen LogP contribution is -2.47. The molecule has 0 unspecified atom stereocenters. The number of thioether (sulfide) groups is 1. The van der Waals surface area contributed by atoms with Crippen LogP contribution >= 0.6 is 24.0 Å². The number of hydrogen-bond acceptors (Lipinski definition) is 4. The topological polar surface area (TPSA) is 32.3 Å². The number of hydrogen-bond donors (Lipinski definition) is 1. The Bertz CT molecular complexity index is 611. The van der Waals surface area contributed by atoms with E-state index in [-0.39, 0.29) is 5.91 Å². The highest BCUT2D eigenvalue weighted by Gasteiger charge is 2.32. The normalized spacial score (nSPS) is 17.8. The first kappa shape index (κ1) is 16.5. The molecule has 0 saturated carbocycles. The van der Waals surface area contributed by atoms with Gasteiger partial charge in [0.25, 0.3) is 5.91 Å². The minimum Gasteiger partial charge on any atom is -0.306 e. The number of amides is 1. The van der Waals surface area contributed by atoms with Crippen molar-refractivity contribution in [2.45, 2.75) is 18.5 Å². The van der Waals surface area contributed by atoms with E-state index >= 15 is 0 Å². The van der Waals surface area contributed by atoms with Gasteiger partial charge in [-0.25, -0.2) is 5.01 Å². The zero-order chi connectivity index (χ0) is 15.4. The first-order valence-corrected chi connectivity index (χ1v) is 10.9. The van der Waals surface area contributed by atoms with E-state index in [1.807, 2.05) is 43.3 Å². The molecular weight excluding hydrogens is 315 g/mol. The maximum atomic E-state index is 12.3. The molecule has 1 N–H and O–H groups in total. The van der Waals surface area contributed by atoms with Crippen molar-refractivity contribution in [1.29, 1.82) is 0 Å². The van der Waals surface area contributed by atoms with Crippen molar-refractivity contribution in [3.05, 3.63) is 52.4 Å². The molecule has 1 aromatic carbocycles. The largest absolute Gasteiger partial charge is 0.387 e. The van der Waals surface area contributed by atoms with Crippen molar-refractivity contribution >= 4 is 54.7 Å². The van der Waals surface area contributed by atoms with Gasteiger partial charge in [0.2, 0.25) is 0 Å². The minimum atomic E-state index is -1.11. The van der Waals surface area contributed by atoms with Gasteiger partial charge in [-0.3, -0.25) is 4.79 Å². The second kappa shape index (κ2) is 7.39. The van der Waals surface area contributed by atoms with Gasteiger partial charge in [-0.15, -0.1) is 0 Å². The number of rotatable bonds is 4. The molecule has 1 fully saturated rings. The molecule has 21 heavy (non-hydrogen) atoms. The SMILES string of the molecule is CC(/C=C1\SC(=S)N([NH][Al]([CH3])[CH3])C1=O)=C\c1ccccc1. The van der Waals surface area contributed by atoms with E-state index in [4.69, 9.17) is 12.2 Å². The Morgan fingerprint density at radius 3 is 2.62 bits per heavy atom. The minimum absolute atomic E-state index is 0.0491. The van der Waals surface area contributed by atoms with Crippen LogP contribution < -0.4 is 4.41 Å². The summed E-state index contributed by atoms with van der Waals surface area (Å²) < 4.78 is 3.78. The quantitative estimate of drug-likeness (QED) is 0.519. The molecule has 0 aliphatic carbocycles. The summed E-state index contributed by atoms with van der Waals surface area (Å²) in [5.41, 5.74) is 2.15. The average Bonchev–Trinajstić information content (AvgIpc) is 2.67. The van der Waals surface area contributed by atoms with Crippen LogP contribution in [0.4, 0.5) is 0 Å². The molecule has 6 heteroatoms. The second-order valence-corrected chi connectivity index (χ2v) is 9.34. The summed E-state index contributed by atoms with van der Waals surface area (Å²) >= 11 is 5.51. The van der Waals surface area contributed by atoms with Gasteiger partial charge in [0.15, 0.2) is 4.32 Å². The Labute approximate surface area is 139 Å². The summed E-state index contributed by atoms with van der Waals surface area (Å²) in [6.07, 6.45) is 3.95. The highest BCUT2D eigenvalue weighted by atomic mass is 32.2. The second-order valence-electron chi connectivity index (χ2n) is 5.10. The van der Waals surface area contributed by atoms with Crippen LogP contribution in [0, 0.1) is 0 Å². The third kappa shape index (κ3) is 4.53. The van der Waals surface area contributed by atoms with Crippen molar-refractivity contribution in [3.63, 3.8) is 0 Å². The molecule has 108 valence electrons. The van der Waals surface area contributed by atoms with E-state index < -0.39 is 14.4 Å². The lowest BCUT2D eigenvalue weighted by molar-refractivity contribution is -0.123. The van der Waals surface area contributed by atoms with Crippen LogP contribution in [0.15, 0.2) is 46.9 Å². The molecule has 1 amide bonds. The molecule has 1 heterocycles. The fraction of sp³-hybridized carbons (Fsp3) is 0.200. The number of allylic oxidation sites excluding steroid dienone is 2. The number of carbonyl (C=O) groups excluding carboxylic acids is 1. The van der Waals surface area contributed by atoms with Gasteiger partial charge in [0.1, 0.15) is 0 Å². The van der Waals surface area contributed by atoms with Gasteiger partial charge < -0.3 is 4.41 Å². The fourth-order valence-electron chi connectivity index (χ4n) is 1.90. The van der Waals surface area contributed by atoms with E-state index in [0.29, 0.717) is 9.23 Å². The van der Waals surface area contributed by atoms with E-state index in [1.54, 1.807) is 0 Å². The highest BCUT2D eigenvalue weighted by molar-refractivity contribution is 8.26. The molecule has 0 radical (unpaired) electrons. The fourth-order valence-corrected chi connectivity index (χ4v) is 4.09. The summed E-state index contributed by atoms with van der Waals surface area (Å²) in [5.74, 6) is 4.18. The van der Waals surface area contributed by atoms with E-state index in [9.17, 15) is 4.79 Å². The molecule has 1 aromatic rings. The zero-order valence-electron chi connectivity index (χ0n) is 12.3. The molecule has 1 aliphatic rings. The van der Waals surface area contributed by atoms with Crippen LogP contribution in [-0.2, 0) is 4.79 Å². The van der Waals surface area contributed by atoms with Crippen molar-refractivity contribution in [2.24, 2.45) is 0 Å². The predicted molar refractivity (Wildman–Crippen MR) is 95.8 cm³/mol. The van der Waals surface area contributed by atoms with Gasteiger partial charge in [0.05, 0.1) is 4.91 Å². The van der Waals surface area contributed by atoms with Crippen molar-refractivity contribution < 1.29 is 4.79 Å². The van der Waals surface area contributed by atoms with Crippen LogP contribution in [0.5, 0.6) is 0 Å². The van der Waals surface area contributed by atoms with Crippen LogP contribution in [0.1, 0.15) is 12.5 Å². The summed E-state index contributed by atoms with van der Waals surface area (Å²) in [4.78, 5) is 13.0. The zero-order valence-corrected chi connectivity index (χ0v) is 15.1. The summed E-state index contributed by atoms with van der Waals surface area (Å²) in [7, 11) is 0. The van der Waals surface area contributed by atoms with Crippen molar-refractivity contribution in [1.82, 2.24) is 9.42 Å². The molecule has 0 spiro atoms. The molecule has 1 saturated heterocycles. The Balaban J connectivity index is 2.17. The lowest BCUT2D eigenvalue weighted by Gasteiger charge is -2.17. The Kier molecular flexibility index (Phi) is 5.80. The lowest BCUT2D eigenvalue weighted by atomic mass is 10.1. The smallest absolute Gasteiger partial charge is 0.306 e. The Morgan fingerprint density at radius 1 is 1.33 bits per heavy atom. The predicted octanol–water partition coefficient (Wildman–Crippen LogP) is 3.59. The van der Waals surface area contributed by atoms with Gasteiger partial charge in [-0.2, -0.15) is 0 Å². The molecular formula is C15H17AlN2OS2. The van der Waals surface area contributed by atoms with Gasteiger partial charge in [0, 0.05) is 0 Å². The third-order valence-corrected chi connectivity index (χ3v) is 4.81. The standard InChI is InChI=1S/C13H11N2OS2.2CH3.Al/c1-9(7-10-5-3-2-4-6-10)8-11-12(16)15(14)13(17)18-11;;;/h2-8,14H,1H3;2*1H3;/q-1;;;+1/b9-7+,11-8-;;;. The maximum Gasteiger partial charge on any atom is 0.387 e. The molecule has 0 bridgehead atoms. The van der Waals surface area contributed by atoms with Gasteiger partial charge in [-0.1, -0.05) is 72.0 Å². The highest BCUT2D eigenvalue weighted by Crippen LogP contribution is 2.30. The van der Waals surface area contributed by atoms with E-state index in [2.05, 4.69) is 22.1 Å². The Hall–Kier alpha value is -0.898. The summed E-state index contributed by atoms with van der Waals surface area (Å²) in [5, 5.41) is 1.51. The average molecular weight is 332 g/mol. The third-order valence-electron chi connectivity index (χ3n) is 2.73. The number of carbonyl (C=O) groups is 1. The van der Waals surface area contributed by atoms with Crippen LogP contribution in [-0.4, -0.2) is 29.6 Å². The van der Waals surface area contributed by atoms with E-state index in [1.165, 1.54) is 16.8 Å². The van der Waals surface area contributed by atoms with Gasteiger partial charge >= 0.3 is 14.4 Å². The van der Waals surface area contributed by atoms with Crippen molar-refractivity contribution in [2.75, 3.05) is 0 Å². The molecule has 0 atom stereocenters. The number of thiocarbonyl (C=S) groups is 1. The van der Waals surface area contributed by atoms with Crippen LogP contribution in [0.3, 0.4) is 0 Å². The maximum absolute atomic E-state index is 12.3. The van der Waals surface area contributed by atoms with Crippen LogP contribution in [0.2, 0.25) is 11.6 Å². The number of hydrazine groups is 1. The van der Waals surface area contributed by atoms with Gasteiger partial charge in [-0.05, 0) is 24.1 Å². The number of nitrogens with one attached hydrogen (secondary N) is 1.